The fourth-order valence-corrected chi connectivity index (χ4v) is 4.32. The number of carbonyl (C=O) groups excluding carboxylic acids is 1. The van der Waals surface area contributed by atoms with E-state index in [0.717, 1.165) is 35.8 Å². The van der Waals surface area contributed by atoms with E-state index >= 15 is 0 Å². The summed E-state index contributed by atoms with van der Waals surface area (Å²) in [5, 5.41) is 14.3. The number of fused-ring (bicyclic) bond motifs is 1. The van der Waals surface area contributed by atoms with Crippen LogP contribution in [0.4, 0.5) is 0 Å². The SMILES string of the molecule is O=C(NCC1CCCCC1O)c1sc2ccccc2c1Cl. The quantitative estimate of drug-likeness (QED) is 0.901. The van der Waals surface area contributed by atoms with Gasteiger partial charge in [-0.2, -0.15) is 0 Å². The maximum atomic E-state index is 12.3. The first-order valence-electron chi connectivity index (χ1n) is 7.30. The molecule has 3 nitrogen and oxygen atoms in total. The second-order valence-corrected chi connectivity index (χ2v) is 6.99. The minimum absolute atomic E-state index is 0.140. The van der Waals surface area contributed by atoms with Gasteiger partial charge in [0.15, 0.2) is 0 Å². The zero-order valence-electron chi connectivity index (χ0n) is 11.6. The van der Waals surface area contributed by atoms with E-state index in [9.17, 15) is 9.90 Å². The molecule has 5 heteroatoms. The summed E-state index contributed by atoms with van der Waals surface area (Å²) in [6, 6.07) is 7.75. The highest BCUT2D eigenvalue weighted by molar-refractivity contribution is 7.21. The smallest absolute Gasteiger partial charge is 0.262 e. The van der Waals surface area contributed by atoms with Gasteiger partial charge in [-0.05, 0) is 18.9 Å². The number of thiophene rings is 1. The Kier molecular flexibility index (Phi) is 4.48. The number of hydrogen-bond donors (Lipinski definition) is 2. The lowest BCUT2D eigenvalue weighted by Gasteiger charge is -2.27. The first-order chi connectivity index (χ1) is 10.2. The summed E-state index contributed by atoms with van der Waals surface area (Å²) < 4.78 is 1.02. The second-order valence-electron chi connectivity index (χ2n) is 5.56. The van der Waals surface area contributed by atoms with Gasteiger partial charge in [-0.25, -0.2) is 0 Å². The van der Waals surface area contributed by atoms with Crippen molar-refractivity contribution in [1.82, 2.24) is 5.32 Å². The summed E-state index contributed by atoms with van der Waals surface area (Å²) in [7, 11) is 0. The van der Waals surface area contributed by atoms with Gasteiger partial charge in [-0.3, -0.25) is 4.79 Å². The largest absolute Gasteiger partial charge is 0.393 e. The van der Waals surface area contributed by atoms with Crippen LogP contribution in [0.5, 0.6) is 0 Å². The minimum Gasteiger partial charge on any atom is -0.393 e. The van der Waals surface area contributed by atoms with Crippen molar-refractivity contribution in [3.05, 3.63) is 34.2 Å². The number of rotatable bonds is 3. The Morgan fingerprint density at radius 1 is 1.33 bits per heavy atom. The molecule has 3 rings (SSSR count). The highest BCUT2D eigenvalue weighted by Crippen LogP contribution is 2.35. The van der Waals surface area contributed by atoms with Crippen molar-refractivity contribution in [2.45, 2.75) is 31.8 Å². The van der Waals surface area contributed by atoms with E-state index in [1.165, 1.54) is 11.3 Å². The lowest BCUT2D eigenvalue weighted by Crippen LogP contribution is -2.36. The normalized spacial score (nSPS) is 22.4. The molecule has 0 radical (unpaired) electrons. The van der Waals surface area contributed by atoms with Crippen molar-refractivity contribution in [2.75, 3.05) is 6.54 Å². The summed E-state index contributed by atoms with van der Waals surface area (Å²) in [4.78, 5) is 12.9. The zero-order valence-corrected chi connectivity index (χ0v) is 13.2. The average molecular weight is 324 g/mol. The van der Waals surface area contributed by atoms with Gasteiger partial charge in [-0.1, -0.05) is 42.6 Å². The highest BCUT2D eigenvalue weighted by Gasteiger charge is 2.24. The minimum atomic E-state index is -0.295. The highest BCUT2D eigenvalue weighted by atomic mass is 35.5. The molecule has 1 aromatic heterocycles. The molecular weight excluding hydrogens is 306 g/mol. The van der Waals surface area contributed by atoms with Crippen LogP contribution >= 0.6 is 22.9 Å². The third-order valence-corrected chi connectivity index (χ3v) is 5.81. The molecule has 112 valence electrons. The summed E-state index contributed by atoms with van der Waals surface area (Å²) in [6.45, 7) is 0.518. The maximum absolute atomic E-state index is 12.3. The lowest BCUT2D eigenvalue weighted by molar-refractivity contribution is 0.0664. The van der Waals surface area contributed by atoms with E-state index in [-0.39, 0.29) is 17.9 Å². The Morgan fingerprint density at radius 2 is 2.10 bits per heavy atom. The van der Waals surface area contributed by atoms with Gasteiger partial charge in [0.25, 0.3) is 5.91 Å². The van der Waals surface area contributed by atoms with Crippen LogP contribution in [0.25, 0.3) is 10.1 Å². The van der Waals surface area contributed by atoms with Crippen molar-refractivity contribution in [2.24, 2.45) is 5.92 Å². The van der Waals surface area contributed by atoms with Crippen LogP contribution < -0.4 is 5.32 Å². The molecule has 1 aliphatic carbocycles. The van der Waals surface area contributed by atoms with Crippen molar-refractivity contribution >= 4 is 38.9 Å². The van der Waals surface area contributed by atoms with E-state index in [1.54, 1.807) is 0 Å². The summed E-state index contributed by atoms with van der Waals surface area (Å²) in [6.07, 6.45) is 3.72. The van der Waals surface area contributed by atoms with Crippen molar-refractivity contribution < 1.29 is 9.90 Å². The van der Waals surface area contributed by atoms with Crippen LogP contribution in [0.15, 0.2) is 24.3 Å². The number of hydrogen-bond acceptors (Lipinski definition) is 3. The number of nitrogens with one attached hydrogen (secondary N) is 1. The van der Waals surface area contributed by atoms with Crippen molar-refractivity contribution in [3.63, 3.8) is 0 Å². The monoisotopic (exact) mass is 323 g/mol. The van der Waals surface area contributed by atoms with Gasteiger partial charge in [0.05, 0.1) is 11.1 Å². The number of aliphatic hydroxyl groups excluding tert-OH is 1. The van der Waals surface area contributed by atoms with E-state index in [4.69, 9.17) is 11.6 Å². The Hall–Kier alpha value is -1.10. The molecule has 21 heavy (non-hydrogen) atoms. The summed E-state index contributed by atoms with van der Waals surface area (Å²) >= 11 is 7.72. The molecule has 0 saturated heterocycles. The first kappa shape index (κ1) is 14.8. The van der Waals surface area contributed by atoms with E-state index in [2.05, 4.69) is 5.32 Å². The van der Waals surface area contributed by atoms with Gasteiger partial charge in [0.2, 0.25) is 0 Å². The standard InChI is InChI=1S/C16H18ClNO2S/c17-14-11-6-2-4-8-13(11)21-15(14)16(20)18-9-10-5-1-3-7-12(10)19/h2,4,6,8,10,12,19H,1,3,5,7,9H2,(H,18,20). The van der Waals surface area contributed by atoms with Crippen LogP contribution in [-0.2, 0) is 0 Å². The predicted molar refractivity (Wildman–Crippen MR) is 87.1 cm³/mol. The van der Waals surface area contributed by atoms with Gasteiger partial charge in [0, 0.05) is 22.5 Å². The van der Waals surface area contributed by atoms with Gasteiger partial charge in [-0.15, -0.1) is 11.3 Å². The molecule has 0 spiro atoms. The molecule has 1 amide bonds. The molecule has 1 saturated carbocycles. The summed E-state index contributed by atoms with van der Waals surface area (Å²) in [5.41, 5.74) is 0. The Balaban J connectivity index is 1.70. The predicted octanol–water partition coefficient (Wildman–Crippen LogP) is 3.84. The van der Waals surface area contributed by atoms with Crippen LogP contribution in [0.3, 0.4) is 0 Å². The Bertz CT molecular complexity index is 655. The number of benzene rings is 1. The molecule has 2 N–H and O–H groups in total. The molecule has 0 aliphatic heterocycles. The average Bonchev–Trinajstić information content (AvgIpc) is 2.84. The number of amides is 1. The molecule has 1 heterocycles. The zero-order chi connectivity index (χ0) is 14.8. The fourth-order valence-electron chi connectivity index (χ4n) is 2.89. The topological polar surface area (TPSA) is 49.3 Å². The van der Waals surface area contributed by atoms with E-state index in [0.29, 0.717) is 16.4 Å². The van der Waals surface area contributed by atoms with Crippen LogP contribution in [0.2, 0.25) is 5.02 Å². The third-order valence-electron chi connectivity index (χ3n) is 4.13. The Morgan fingerprint density at radius 3 is 2.86 bits per heavy atom. The Labute approximate surface area is 132 Å². The lowest BCUT2D eigenvalue weighted by atomic mass is 9.86. The first-order valence-corrected chi connectivity index (χ1v) is 8.49. The molecule has 1 aromatic carbocycles. The second kappa shape index (κ2) is 6.34. The molecule has 2 unspecified atom stereocenters. The van der Waals surface area contributed by atoms with Crippen LogP contribution in [-0.4, -0.2) is 23.7 Å². The molecule has 2 atom stereocenters. The van der Waals surface area contributed by atoms with Gasteiger partial charge in [0.1, 0.15) is 4.88 Å². The molecule has 1 aliphatic rings. The number of carbonyl (C=O) groups is 1. The van der Waals surface area contributed by atoms with Crippen LogP contribution in [0.1, 0.15) is 35.4 Å². The van der Waals surface area contributed by atoms with Crippen LogP contribution in [0, 0.1) is 5.92 Å². The molecule has 0 bridgehead atoms. The van der Waals surface area contributed by atoms with E-state index in [1.807, 2.05) is 24.3 Å². The molecular formula is C16H18ClNO2S. The van der Waals surface area contributed by atoms with Gasteiger partial charge < -0.3 is 10.4 Å². The molecule has 1 fully saturated rings. The van der Waals surface area contributed by atoms with E-state index < -0.39 is 0 Å². The number of aliphatic hydroxyl groups is 1. The van der Waals surface area contributed by atoms with Crippen molar-refractivity contribution in [3.8, 4) is 0 Å². The summed E-state index contributed by atoms with van der Waals surface area (Å²) in [5.74, 6) is 0.0230. The number of halogens is 1. The fraction of sp³-hybridized carbons (Fsp3) is 0.438. The van der Waals surface area contributed by atoms with Gasteiger partial charge >= 0.3 is 0 Å². The third kappa shape index (κ3) is 3.07. The maximum Gasteiger partial charge on any atom is 0.262 e. The molecule has 2 aromatic rings. The van der Waals surface area contributed by atoms with Crippen molar-refractivity contribution in [1.29, 1.82) is 0 Å².